The standard InChI is InChI=1S/C14H20N2O4/c1-3-19-13(17)6-9-5-10(7-14(18)20-4-2)12(16)8-11(9)15/h5,8H,3-4,6-7,15-16H2,1-2H3. The zero-order valence-electron chi connectivity index (χ0n) is 11.8. The largest absolute Gasteiger partial charge is 0.466 e. The lowest BCUT2D eigenvalue weighted by Gasteiger charge is -2.11. The zero-order chi connectivity index (χ0) is 15.1. The molecule has 4 N–H and O–H groups in total. The molecule has 0 unspecified atom stereocenters. The number of nitrogens with two attached hydrogens (primary N) is 2. The molecule has 0 amide bonds. The summed E-state index contributed by atoms with van der Waals surface area (Å²) in [5.74, 6) is -0.739. The first-order chi connectivity index (χ1) is 9.47. The van der Waals surface area contributed by atoms with Gasteiger partial charge in [-0.3, -0.25) is 9.59 Å². The molecule has 1 aromatic rings. The van der Waals surface area contributed by atoms with E-state index in [4.69, 9.17) is 20.9 Å². The highest BCUT2D eigenvalue weighted by Gasteiger charge is 2.13. The van der Waals surface area contributed by atoms with Crippen LogP contribution in [0.2, 0.25) is 0 Å². The third kappa shape index (κ3) is 4.46. The van der Waals surface area contributed by atoms with Crippen LogP contribution in [0.25, 0.3) is 0 Å². The fraction of sp³-hybridized carbons (Fsp3) is 0.429. The Morgan fingerprint density at radius 3 is 1.65 bits per heavy atom. The molecule has 0 saturated carbocycles. The molecule has 0 aliphatic rings. The third-order valence-corrected chi connectivity index (χ3v) is 2.68. The highest BCUT2D eigenvalue weighted by Crippen LogP contribution is 2.22. The predicted molar refractivity (Wildman–Crippen MR) is 75.9 cm³/mol. The van der Waals surface area contributed by atoms with Gasteiger partial charge < -0.3 is 20.9 Å². The van der Waals surface area contributed by atoms with Crippen molar-refractivity contribution in [3.8, 4) is 0 Å². The van der Waals surface area contributed by atoms with Crippen LogP contribution in [0.15, 0.2) is 12.1 Å². The van der Waals surface area contributed by atoms with E-state index in [-0.39, 0.29) is 24.8 Å². The lowest BCUT2D eigenvalue weighted by atomic mass is 10.0. The van der Waals surface area contributed by atoms with Crippen LogP contribution in [0.5, 0.6) is 0 Å². The van der Waals surface area contributed by atoms with Gasteiger partial charge in [0.15, 0.2) is 0 Å². The summed E-state index contributed by atoms with van der Waals surface area (Å²) in [7, 11) is 0. The average Bonchev–Trinajstić information content (AvgIpc) is 2.35. The number of carbonyl (C=O) groups excluding carboxylic acids is 2. The van der Waals surface area contributed by atoms with Crippen LogP contribution in [0.4, 0.5) is 11.4 Å². The molecular weight excluding hydrogens is 260 g/mol. The van der Waals surface area contributed by atoms with Gasteiger partial charge >= 0.3 is 11.9 Å². The fourth-order valence-corrected chi connectivity index (χ4v) is 1.77. The first-order valence-corrected chi connectivity index (χ1v) is 6.45. The highest BCUT2D eigenvalue weighted by molar-refractivity contribution is 5.79. The maximum absolute atomic E-state index is 11.5. The minimum Gasteiger partial charge on any atom is -0.466 e. The van der Waals surface area contributed by atoms with E-state index in [1.54, 1.807) is 26.0 Å². The molecule has 0 aromatic heterocycles. The second-order valence-corrected chi connectivity index (χ2v) is 4.21. The molecule has 6 nitrogen and oxygen atoms in total. The quantitative estimate of drug-likeness (QED) is 0.596. The minimum atomic E-state index is -0.369. The molecular formula is C14H20N2O4. The van der Waals surface area contributed by atoms with Crippen LogP contribution in [-0.2, 0) is 31.9 Å². The molecule has 110 valence electrons. The highest BCUT2D eigenvalue weighted by atomic mass is 16.5. The van der Waals surface area contributed by atoms with Crippen molar-refractivity contribution in [3.05, 3.63) is 23.3 Å². The number of benzene rings is 1. The molecule has 0 bridgehead atoms. The number of anilines is 2. The summed E-state index contributed by atoms with van der Waals surface area (Å²) in [6.45, 7) is 4.08. The lowest BCUT2D eigenvalue weighted by Crippen LogP contribution is -2.13. The second kappa shape index (κ2) is 7.37. The van der Waals surface area contributed by atoms with E-state index >= 15 is 0 Å². The van der Waals surface area contributed by atoms with Crippen LogP contribution in [-0.4, -0.2) is 25.2 Å². The Morgan fingerprint density at radius 1 is 0.900 bits per heavy atom. The predicted octanol–water partition coefficient (Wildman–Crippen LogP) is 1.06. The molecule has 0 fully saturated rings. The number of rotatable bonds is 6. The number of nitrogen functional groups attached to an aromatic ring is 2. The Kier molecular flexibility index (Phi) is 5.83. The maximum Gasteiger partial charge on any atom is 0.310 e. The smallest absolute Gasteiger partial charge is 0.310 e. The maximum atomic E-state index is 11.5. The molecule has 0 atom stereocenters. The van der Waals surface area contributed by atoms with Crippen molar-refractivity contribution in [1.82, 2.24) is 0 Å². The third-order valence-electron chi connectivity index (χ3n) is 2.68. The van der Waals surface area contributed by atoms with Crippen molar-refractivity contribution in [2.75, 3.05) is 24.7 Å². The van der Waals surface area contributed by atoms with Gasteiger partial charge in [0.1, 0.15) is 0 Å². The van der Waals surface area contributed by atoms with Crippen molar-refractivity contribution in [2.45, 2.75) is 26.7 Å². The summed E-state index contributed by atoms with van der Waals surface area (Å²) >= 11 is 0. The summed E-state index contributed by atoms with van der Waals surface area (Å²) in [5, 5.41) is 0. The first-order valence-electron chi connectivity index (χ1n) is 6.45. The molecule has 0 aliphatic heterocycles. The Morgan fingerprint density at radius 2 is 1.30 bits per heavy atom. The van der Waals surface area contributed by atoms with E-state index in [0.717, 1.165) is 0 Å². The van der Waals surface area contributed by atoms with Crippen LogP contribution >= 0.6 is 0 Å². The van der Waals surface area contributed by atoms with Crippen molar-refractivity contribution in [1.29, 1.82) is 0 Å². The Bertz CT molecular complexity index is 459. The minimum absolute atomic E-state index is 0.0514. The molecule has 1 aromatic carbocycles. The van der Waals surface area contributed by atoms with Gasteiger partial charge in [0.25, 0.3) is 0 Å². The number of carbonyl (C=O) groups is 2. The van der Waals surface area contributed by atoms with Gasteiger partial charge in [-0.2, -0.15) is 0 Å². The van der Waals surface area contributed by atoms with E-state index < -0.39 is 0 Å². The molecule has 0 aliphatic carbocycles. The Labute approximate surface area is 118 Å². The summed E-state index contributed by atoms with van der Waals surface area (Å²) < 4.78 is 9.75. The van der Waals surface area contributed by atoms with Crippen molar-refractivity contribution >= 4 is 23.3 Å². The SMILES string of the molecule is CCOC(=O)Cc1cc(CC(=O)OCC)c(N)cc1N. The van der Waals surface area contributed by atoms with E-state index in [9.17, 15) is 9.59 Å². The van der Waals surface area contributed by atoms with Gasteiger partial charge in [0.2, 0.25) is 0 Å². The number of esters is 2. The monoisotopic (exact) mass is 280 g/mol. The number of hydrogen-bond donors (Lipinski definition) is 2. The average molecular weight is 280 g/mol. The van der Waals surface area contributed by atoms with Crippen LogP contribution in [0, 0.1) is 0 Å². The molecule has 0 radical (unpaired) electrons. The van der Waals surface area contributed by atoms with Crippen LogP contribution < -0.4 is 11.5 Å². The summed E-state index contributed by atoms with van der Waals surface area (Å²) in [6, 6.07) is 3.20. The second-order valence-electron chi connectivity index (χ2n) is 4.21. The molecule has 0 saturated heterocycles. The zero-order valence-corrected chi connectivity index (χ0v) is 11.8. The van der Waals surface area contributed by atoms with Crippen molar-refractivity contribution < 1.29 is 19.1 Å². The molecule has 0 heterocycles. The normalized spacial score (nSPS) is 10.1. The fourth-order valence-electron chi connectivity index (χ4n) is 1.77. The summed E-state index contributed by atoms with van der Waals surface area (Å²) in [5.41, 5.74) is 13.6. The molecule has 0 spiro atoms. The topological polar surface area (TPSA) is 105 Å². The van der Waals surface area contributed by atoms with Gasteiger partial charge in [-0.05, 0) is 31.0 Å². The number of hydrogen-bond acceptors (Lipinski definition) is 6. The van der Waals surface area contributed by atoms with Gasteiger partial charge in [-0.1, -0.05) is 6.07 Å². The van der Waals surface area contributed by atoms with Crippen LogP contribution in [0.3, 0.4) is 0 Å². The molecule has 6 heteroatoms. The summed E-state index contributed by atoms with van der Waals surface area (Å²) in [6.07, 6.45) is 0.103. The lowest BCUT2D eigenvalue weighted by molar-refractivity contribution is -0.143. The van der Waals surface area contributed by atoms with Gasteiger partial charge in [0, 0.05) is 11.4 Å². The van der Waals surface area contributed by atoms with E-state index in [2.05, 4.69) is 0 Å². The van der Waals surface area contributed by atoms with Crippen LogP contribution in [0.1, 0.15) is 25.0 Å². The molecule has 1 rings (SSSR count). The Hall–Kier alpha value is -2.24. The summed E-state index contributed by atoms with van der Waals surface area (Å²) in [4.78, 5) is 23.0. The first kappa shape index (κ1) is 15.8. The van der Waals surface area contributed by atoms with E-state index in [1.165, 1.54) is 0 Å². The van der Waals surface area contributed by atoms with E-state index in [0.29, 0.717) is 35.7 Å². The van der Waals surface area contributed by atoms with E-state index in [1.807, 2.05) is 0 Å². The number of ether oxygens (including phenoxy) is 2. The van der Waals surface area contributed by atoms with Gasteiger partial charge in [0.05, 0.1) is 26.1 Å². The van der Waals surface area contributed by atoms with Crippen molar-refractivity contribution in [3.63, 3.8) is 0 Å². The Balaban J connectivity index is 2.91. The van der Waals surface area contributed by atoms with Gasteiger partial charge in [-0.15, -0.1) is 0 Å². The molecule has 20 heavy (non-hydrogen) atoms. The van der Waals surface area contributed by atoms with Crippen molar-refractivity contribution in [2.24, 2.45) is 0 Å². The van der Waals surface area contributed by atoms with Gasteiger partial charge in [-0.25, -0.2) is 0 Å².